The molecule has 2 aromatic carbocycles. The molecular formula is C28H32N2O5. The van der Waals surface area contributed by atoms with Crippen LogP contribution in [0.4, 0.5) is 0 Å². The maximum Gasteiger partial charge on any atom is 0.338 e. The third-order valence-electron chi connectivity index (χ3n) is 6.02. The topological polar surface area (TPSA) is 86.6 Å². The Morgan fingerprint density at radius 3 is 2.57 bits per heavy atom. The number of carbonyl (C=O) groups is 3. The minimum absolute atomic E-state index is 0.00404. The Hall–Kier alpha value is -3.61. The molecular weight excluding hydrogens is 444 g/mol. The number of hydrogen-bond acceptors (Lipinski definition) is 5. The predicted molar refractivity (Wildman–Crippen MR) is 134 cm³/mol. The zero-order valence-corrected chi connectivity index (χ0v) is 20.7. The molecule has 7 heteroatoms. The molecule has 0 atom stereocenters. The zero-order valence-electron chi connectivity index (χ0n) is 20.7. The summed E-state index contributed by atoms with van der Waals surface area (Å²) in [5.41, 5.74) is 2.99. The van der Waals surface area contributed by atoms with Gasteiger partial charge in [0.2, 0.25) is 5.91 Å². The average Bonchev–Trinajstić information content (AvgIpc) is 3.58. The summed E-state index contributed by atoms with van der Waals surface area (Å²) in [7, 11) is 1.56. The Balaban J connectivity index is 1.59. The monoisotopic (exact) mass is 476 g/mol. The van der Waals surface area contributed by atoms with Gasteiger partial charge in [-0.3, -0.25) is 9.59 Å². The number of ether oxygens (including phenoxy) is 2. The van der Waals surface area contributed by atoms with Gasteiger partial charge in [0.25, 0.3) is 0 Å². The number of fused-ring (bicyclic) bond motifs is 1. The van der Waals surface area contributed by atoms with E-state index in [1.165, 1.54) is 12.8 Å². The lowest BCUT2D eigenvalue weighted by atomic mass is 10.1. The van der Waals surface area contributed by atoms with E-state index < -0.39 is 11.6 Å². The quantitative estimate of drug-likeness (QED) is 0.362. The van der Waals surface area contributed by atoms with Gasteiger partial charge in [-0.2, -0.15) is 0 Å². The molecule has 0 unspecified atom stereocenters. The van der Waals surface area contributed by atoms with Crippen LogP contribution in [0.15, 0.2) is 42.6 Å². The van der Waals surface area contributed by atoms with E-state index in [1.807, 2.05) is 49.6 Å². The van der Waals surface area contributed by atoms with Crippen molar-refractivity contribution in [3.8, 4) is 5.75 Å². The average molecular weight is 477 g/mol. The maximum atomic E-state index is 12.5. The van der Waals surface area contributed by atoms with Crippen molar-refractivity contribution >= 4 is 29.1 Å². The minimum atomic E-state index is -0.592. The van der Waals surface area contributed by atoms with E-state index in [-0.39, 0.29) is 12.3 Å². The smallest absolute Gasteiger partial charge is 0.338 e. The molecule has 0 bridgehead atoms. The van der Waals surface area contributed by atoms with Gasteiger partial charge in [-0.25, -0.2) is 4.79 Å². The highest BCUT2D eigenvalue weighted by Crippen LogP contribution is 2.28. The van der Waals surface area contributed by atoms with Crippen LogP contribution in [0.25, 0.3) is 10.9 Å². The Bertz CT molecular complexity index is 1260. The number of methoxy groups -OCH3 is 1. The van der Waals surface area contributed by atoms with Crippen molar-refractivity contribution in [2.75, 3.05) is 13.7 Å². The summed E-state index contributed by atoms with van der Waals surface area (Å²) in [5, 5.41) is 3.82. The maximum absolute atomic E-state index is 12.5. The summed E-state index contributed by atoms with van der Waals surface area (Å²) >= 11 is 0. The van der Waals surface area contributed by atoms with Crippen LogP contribution in [0.2, 0.25) is 0 Å². The Morgan fingerprint density at radius 2 is 1.91 bits per heavy atom. The van der Waals surface area contributed by atoms with Gasteiger partial charge in [-0.05, 0) is 63.3 Å². The highest BCUT2D eigenvalue weighted by Gasteiger charge is 2.22. The van der Waals surface area contributed by atoms with Crippen molar-refractivity contribution in [3.63, 3.8) is 0 Å². The Morgan fingerprint density at radius 1 is 1.14 bits per heavy atom. The fraction of sp³-hybridized carbons (Fsp3) is 0.393. The molecule has 4 rings (SSSR count). The van der Waals surface area contributed by atoms with Crippen LogP contribution in [0.5, 0.6) is 5.75 Å². The summed E-state index contributed by atoms with van der Waals surface area (Å²) < 4.78 is 13.0. The third-order valence-corrected chi connectivity index (χ3v) is 6.02. The number of esters is 1. The first-order chi connectivity index (χ1) is 16.7. The van der Waals surface area contributed by atoms with Crippen LogP contribution in [0.1, 0.15) is 65.5 Å². The second-order valence-corrected chi connectivity index (χ2v) is 10.1. The first-order valence-electron chi connectivity index (χ1n) is 11.9. The van der Waals surface area contributed by atoms with Crippen molar-refractivity contribution in [2.24, 2.45) is 5.92 Å². The first kappa shape index (κ1) is 24.5. The third kappa shape index (κ3) is 6.10. The number of amides is 1. The molecule has 1 aromatic heterocycles. The number of nitrogens with one attached hydrogen (secondary N) is 1. The molecule has 3 aromatic rings. The number of aldehydes is 1. The van der Waals surface area contributed by atoms with E-state index in [9.17, 15) is 14.4 Å². The molecule has 1 saturated carbocycles. The molecule has 1 fully saturated rings. The molecule has 184 valence electrons. The van der Waals surface area contributed by atoms with Gasteiger partial charge in [-0.1, -0.05) is 18.2 Å². The number of benzene rings is 2. The van der Waals surface area contributed by atoms with Gasteiger partial charge in [0, 0.05) is 34.8 Å². The predicted octanol–water partition coefficient (Wildman–Crippen LogP) is 4.53. The Labute approximate surface area is 205 Å². The molecule has 35 heavy (non-hydrogen) atoms. The van der Waals surface area contributed by atoms with Crippen molar-refractivity contribution in [1.82, 2.24) is 9.88 Å². The molecule has 1 heterocycles. The van der Waals surface area contributed by atoms with Crippen LogP contribution < -0.4 is 10.1 Å². The fourth-order valence-electron chi connectivity index (χ4n) is 4.05. The molecule has 0 aliphatic heterocycles. The van der Waals surface area contributed by atoms with Crippen LogP contribution in [-0.2, 0) is 22.5 Å². The van der Waals surface area contributed by atoms with Gasteiger partial charge in [-0.15, -0.1) is 0 Å². The summed E-state index contributed by atoms with van der Waals surface area (Å²) in [6, 6.07) is 11.0. The molecule has 1 N–H and O–H groups in total. The number of carbonyl (C=O) groups excluding carboxylic acids is 3. The number of nitrogens with zero attached hydrogens (tertiary/aromatic N) is 1. The van der Waals surface area contributed by atoms with E-state index in [0.717, 1.165) is 34.9 Å². The van der Waals surface area contributed by atoms with E-state index >= 15 is 0 Å². The molecule has 0 radical (unpaired) electrons. The van der Waals surface area contributed by atoms with Gasteiger partial charge in [0.05, 0.1) is 25.6 Å². The first-order valence-corrected chi connectivity index (χ1v) is 11.9. The van der Waals surface area contributed by atoms with Gasteiger partial charge in [0.15, 0.2) is 6.29 Å². The summed E-state index contributed by atoms with van der Waals surface area (Å²) in [4.78, 5) is 36.5. The lowest BCUT2D eigenvalue weighted by Gasteiger charge is -2.20. The van der Waals surface area contributed by atoms with Crippen molar-refractivity contribution < 1.29 is 23.9 Å². The van der Waals surface area contributed by atoms with E-state index in [1.54, 1.807) is 25.4 Å². The standard InChI is InChI=1S/C28H32N2O5/c1-28(2,3)35-27(33)20-8-9-21(25(13-20)34-4)15-30-16-22(17-31)23-10-7-19(11-24(23)30)12-26(32)29-14-18-5-6-18/h7-11,13,16-18H,5-6,12,14-15H2,1-4H3,(H,29,32). The van der Waals surface area contributed by atoms with Gasteiger partial charge >= 0.3 is 5.97 Å². The normalized spacial score (nSPS) is 13.5. The highest BCUT2D eigenvalue weighted by molar-refractivity contribution is 5.98. The van der Waals surface area contributed by atoms with Crippen LogP contribution in [-0.4, -0.2) is 42.0 Å². The fourth-order valence-corrected chi connectivity index (χ4v) is 4.05. The van der Waals surface area contributed by atoms with Crippen molar-refractivity contribution in [3.05, 3.63) is 64.8 Å². The Kier molecular flexibility index (Phi) is 6.96. The summed E-state index contributed by atoms with van der Waals surface area (Å²) in [6.45, 7) is 6.64. The van der Waals surface area contributed by atoms with Crippen molar-refractivity contribution in [2.45, 2.75) is 52.2 Å². The SMILES string of the molecule is COc1cc(C(=O)OC(C)(C)C)ccc1Cn1cc(C=O)c2ccc(CC(=O)NCC3CC3)cc21. The van der Waals surface area contributed by atoms with E-state index in [0.29, 0.717) is 29.3 Å². The van der Waals surface area contributed by atoms with Crippen LogP contribution in [0, 0.1) is 5.92 Å². The lowest BCUT2D eigenvalue weighted by molar-refractivity contribution is -0.120. The van der Waals surface area contributed by atoms with Gasteiger partial charge in [0.1, 0.15) is 11.4 Å². The van der Waals surface area contributed by atoms with Crippen molar-refractivity contribution in [1.29, 1.82) is 0 Å². The number of aromatic nitrogens is 1. The highest BCUT2D eigenvalue weighted by atomic mass is 16.6. The lowest BCUT2D eigenvalue weighted by Crippen LogP contribution is -2.27. The molecule has 7 nitrogen and oxygen atoms in total. The van der Waals surface area contributed by atoms with Crippen LogP contribution in [0.3, 0.4) is 0 Å². The zero-order chi connectivity index (χ0) is 25.2. The molecule has 1 amide bonds. The van der Waals surface area contributed by atoms with E-state index in [2.05, 4.69) is 5.32 Å². The number of rotatable bonds is 9. The largest absolute Gasteiger partial charge is 0.496 e. The van der Waals surface area contributed by atoms with E-state index in [4.69, 9.17) is 9.47 Å². The molecule has 1 aliphatic carbocycles. The summed E-state index contributed by atoms with van der Waals surface area (Å²) in [5.74, 6) is 0.773. The number of hydrogen-bond donors (Lipinski definition) is 1. The summed E-state index contributed by atoms with van der Waals surface area (Å²) in [6.07, 6.45) is 5.31. The second kappa shape index (κ2) is 9.94. The van der Waals surface area contributed by atoms with Crippen LogP contribution >= 0.6 is 0 Å². The van der Waals surface area contributed by atoms with Gasteiger partial charge < -0.3 is 19.4 Å². The second-order valence-electron chi connectivity index (χ2n) is 10.1. The molecule has 0 saturated heterocycles. The molecule has 0 spiro atoms. The minimum Gasteiger partial charge on any atom is -0.496 e. The molecule has 1 aliphatic rings.